The highest BCUT2D eigenvalue weighted by Gasteiger charge is 2.32. The minimum Gasteiger partial charge on any atom is -0.465 e. The number of aryl methyl sites for hydroxylation is 1. The van der Waals surface area contributed by atoms with E-state index in [2.05, 4.69) is 6.58 Å². The first-order valence-electron chi connectivity index (χ1n) is 9.01. The van der Waals surface area contributed by atoms with Crippen LogP contribution in [0, 0.1) is 0 Å². The fourth-order valence-electron chi connectivity index (χ4n) is 3.11. The zero-order valence-corrected chi connectivity index (χ0v) is 16.9. The molecule has 0 aliphatic rings. The number of benzene rings is 1. The Balaban J connectivity index is 2.21. The Morgan fingerprint density at radius 2 is 2.00 bits per heavy atom. The molecule has 28 heavy (non-hydrogen) atoms. The summed E-state index contributed by atoms with van der Waals surface area (Å²) in [4.78, 5) is 24.2. The standard InChI is InChI=1S/C20H25NO6S/c1-4-13-28(24,25)18(20(23)27-5-2)11-8-12-21-14-16(19(22)26-3)15-9-6-7-10-17(15)21/h4,6-7,9-10,14,18H,1,5,8,11-13H2,2-3H3. The Bertz CT molecular complexity index is 960. The van der Waals surface area contributed by atoms with E-state index in [1.54, 1.807) is 13.1 Å². The van der Waals surface area contributed by atoms with Crippen molar-refractivity contribution in [2.24, 2.45) is 0 Å². The molecule has 0 N–H and O–H groups in total. The summed E-state index contributed by atoms with van der Waals surface area (Å²) in [5, 5.41) is -0.470. The van der Waals surface area contributed by atoms with Crippen molar-refractivity contribution < 1.29 is 27.5 Å². The fraction of sp³-hybridized carbons (Fsp3) is 0.400. The van der Waals surface area contributed by atoms with E-state index >= 15 is 0 Å². The number of methoxy groups -OCH3 is 1. The van der Waals surface area contributed by atoms with Crippen LogP contribution in [0.3, 0.4) is 0 Å². The molecule has 1 unspecified atom stereocenters. The van der Waals surface area contributed by atoms with Crippen molar-refractivity contribution in [1.82, 2.24) is 4.57 Å². The second-order valence-corrected chi connectivity index (χ2v) is 8.47. The molecule has 0 bridgehead atoms. The molecule has 1 aromatic heterocycles. The van der Waals surface area contributed by atoms with E-state index in [1.165, 1.54) is 13.2 Å². The minimum atomic E-state index is -3.68. The number of sulfone groups is 1. The topological polar surface area (TPSA) is 91.7 Å². The van der Waals surface area contributed by atoms with Gasteiger partial charge in [-0.1, -0.05) is 24.3 Å². The smallest absolute Gasteiger partial charge is 0.340 e. The van der Waals surface area contributed by atoms with Crippen LogP contribution in [0.5, 0.6) is 0 Å². The number of fused-ring (bicyclic) bond motifs is 1. The van der Waals surface area contributed by atoms with Crippen LogP contribution >= 0.6 is 0 Å². The van der Waals surface area contributed by atoms with Gasteiger partial charge >= 0.3 is 11.9 Å². The zero-order chi connectivity index (χ0) is 20.7. The predicted molar refractivity (Wildman–Crippen MR) is 107 cm³/mol. The first-order chi connectivity index (χ1) is 13.4. The third kappa shape index (κ3) is 4.81. The highest BCUT2D eigenvalue weighted by Crippen LogP contribution is 2.23. The number of nitrogens with zero attached hydrogens (tertiary/aromatic N) is 1. The van der Waals surface area contributed by atoms with E-state index in [0.29, 0.717) is 18.5 Å². The van der Waals surface area contributed by atoms with Gasteiger partial charge in [0.2, 0.25) is 0 Å². The van der Waals surface area contributed by atoms with Gasteiger partial charge in [0.1, 0.15) is 0 Å². The van der Waals surface area contributed by atoms with Crippen molar-refractivity contribution in [3.63, 3.8) is 0 Å². The van der Waals surface area contributed by atoms with E-state index in [0.717, 1.165) is 10.9 Å². The first kappa shape index (κ1) is 21.7. The molecule has 1 atom stereocenters. The first-order valence-corrected chi connectivity index (χ1v) is 10.7. The Labute approximate surface area is 164 Å². The van der Waals surface area contributed by atoms with Crippen LogP contribution in [0.1, 0.15) is 30.1 Å². The maximum atomic E-state index is 12.4. The number of hydrogen-bond acceptors (Lipinski definition) is 6. The summed E-state index contributed by atoms with van der Waals surface area (Å²) >= 11 is 0. The van der Waals surface area contributed by atoms with Gasteiger partial charge in [-0.05, 0) is 25.8 Å². The molecule has 0 radical (unpaired) electrons. The number of carbonyl (C=O) groups excluding carboxylic acids is 2. The SMILES string of the molecule is C=CCS(=O)(=O)C(CCCn1cc(C(=O)OC)c2ccccc21)C(=O)OCC. The van der Waals surface area contributed by atoms with Crippen LogP contribution < -0.4 is 0 Å². The van der Waals surface area contributed by atoms with Crippen LogP contribution in [0.25, 0.3) is 10.9 Å². The summed E-state index contributed by atoms with van der Waals surface area (Å²) in [7, 11) is -2.36. The number of esters is 2. The Kier molecular flexibility index (Phi) is 7.39. The molecule has 0 saturated carbocycles. The van der Waals surface area contributed by atoms with Gasteiger partial charge in [0.25, 0.3) is 0 Å². The summed E-state index contributed by atoms with van der Waals surface area (Å²) in [6.45, 7) is 5.63. The molecule has 2 rings (SSSR count). The van der Waals surface area contributed by atoms with Crippen molar-refractivity contribution in [2.75, 3.05) is 19.5 Å². The molecule has 0 spiro atoms. The van der Waals surface area contributed by atoms with E-state index in [9.17, 15) is 18.0 Å². The lowest BCUT2D eigenvalue weighted by Gasteiger charge is -2.15. The molecule has 0 fully saturated rings. The predicted octanol–water partition coefficient (Wildman–Crippen LogP) is 2.74. The maximum absolute atomic E-state index is 12.4. The van der Waals surface area contributed by atoms with Crippen molar-refractivity contribution >= 4 is 32.7 Å². The number of hydrogen-bond donors (Lipinski definition) is 0. The average Bonchev–Trinajstić information content (AvgIpc) is 3.03. The highest BCUT2D eigenvalue weighted by atomic mass is 32.2. The molecular weight excluding hydrogens is 382 g/mol. The van der Waals surface area contributed by atoms with Gasteiger partial charge in [-0.2, -0.15) is 0 Å². The molecule has 8 heteroatoms. The van der Waals surface area contributed by atoms with Gasteiger partial charge in [0.15, 0.2) is 15.1 Å². The second kappa shape index (κ2) is 9.54. The molecule has 1 aromatic carbocycles. The lowest BCUT2D eigenvalue weighted by Crippen LogP contribution is -2.33. The lowest BCUT2D eigenvalue weighted by atomic mass is 10.2. The van der Waals surface area contributed by atoms with Gasteiger partial charge in [0.05, 0.1) is 25.0 Å². The molecule has 7 nitrogen and oxygen atoms in total. The third-order valence-corrected chi connectivity index (χ3v) is 6.39. The van der Waals surface area contributed by atoms with Crippen molar-refractivity contribution in [3.8, 4) is 0 Å². The lowest BCUT2D eigenvalue weighted by molar-refractivity contribution is -0.142. The molecule has 0 aliphatic carbocycles. The molecule has 0 amide bonds. The molecule has 0 aliphatic heterocycles. The largest absolute Gasteiger partial charge is 0.465 e. The molecule has 1 heterocycles. The summed E-state index contributed by atoms with van der Waals surface area (Å²) in [5.41, 5.74) is 1.28. The Hall–Kier alpha value is -2.61. The van der Waals surface area contributed by atoms with Gasteiger partial charge in [-0.15, -0.1) is 6.58 Å². The van der Waals surface area contributed by atoms with Crippen LogP contribution in [0.4, 0.5) is 0 Å². The van der Waals surface area contributed by atoms with Crippen molar-refractivity contribution in [2.45, 2.75) is 31.6 Å². The van der Waals surface area contributed by atoms with Gasteiger partial charge < -0.3 is 14.0 Å². The van der Waals surface area contributed by atoms with E-state index in [1.807, 2.05) is 28.8 Å². The molecule has 2 aromatic rings. The van der Waals surface area contributed by atoms with Crippen LogP contribution in [-0.2, 0) is 30.7 Å². The van der Waals surface area contributed by atoms with Crippen LogP contribution in [0.2, 0.25) is 0 Å². The third-order valence-electron chi connectivity index (χ3n) is 4.39. The second-order valence-electron chi connectivity index (χ2n) is 6.25. The van der Waals surface area contributed by atoms with Gasteiger partial charge in [0, 0.05) is 23.6 Å². The van der Waals surface area contributed by atoms with E-state index in [4.69, 9.17) is 9.47 Å². The summed E-state index contributed by atoms with van der Waals surface area (Å²) in [6.07, 6.45) is 3.49. The van der Waals surface area contributed by atoms with Crippen LogP contribution in [0.15, 0.2) is 43.1 Å². The average molecular weight is 407 g/mol. The molecular formula is C20H25NO6S. The Morgan fingerprint density at radius 1 is 1.29 bits per heavy atom. The normalized spacial score (nSPS) is 12.5. The zero-order valence-electron chi connectivity index (χ0n) is 16.1. The van der Waals surface area contributed by atoms with Gasteiger partial charge in [-0.3, -0.25) is 4.79 Å². The highest BCUT2D eigenvalue weighted by molar-refractivity contribution is 7.92. The number of para-hydroxylation sites is 1. The molecule has 0 saturated heterocycles. The van der Waals surface area contributed by atoms with Gasteiger partial charge in [-0.25, -0.2) is 13.2 Å². The minimum absolute atomic E-state index is 0.115. The summed E-state index contributed by atoms with van der Waals surface area (Å²) in [6, 6.07) is 7.39. The number of rotatable bonds is 10. The van der Waals surface area contributed by atoms with Crippen LogP contribution in [-0.4, -0.2) is 49.6 Å². The number of carbonyl (C=O) groups is 2. The van der Waals surface area contributed by atoms with Crippen molar-refractivity contribution in [3.05, 3.63) is 48.7 Å². The summed E-state index contributed by atoms with van der Waals surface area (Å²) in [5.74, 6) is -1.46. The quantitative estimate of drug-likeness (QED) is 0.444. The van der Waals surface area contributed by atoms with E-state index < -0.39 is 27.0 Å². The van der Waals surface area contributed by atoms with Crippen molar-refractivity contribution in [1.29, 1.82) is 0 Å². The fourth-order valence-corrected chi connectivity index (χ4v) is 4.56. The maximum Gasteiger partial charge on any atom is 0.340 e. The number of ether oxygens (including phenoxy) is 2. The Morgan fingerprint density at radius 3 is 2.64 bits per heavy atom. The van der Waals surface area contributed by atoms with E-state index in [-0.39, 0.29) is 18.8 Å². The summed E-state index contributed by atoms with van der Waals surface area (Å²) < 4.78 is 36.4. The molecule has 152 valence electrons. The number of aromatic nitrogens is 1. The monoisotopic (exact) mass is 407 g/mol.